The van der Waals surface area contributed by atoms with Gasteiger partial charge in [-0.25, -0.2) is 0 Å². The van der Waals surface area contributed by atoms with Crippen LogP contribution in [0.25, 0.3) is 10.9 Å². The standard InChI is InChI=1S/C25H33NOS/c1-24(2,3)19-12-13-21(23(27)22(19)25(4,5)6)28-17-9-15-26-16-14-18-10-7-8-11-20(18)26/h7-8,10-14,16,27H,9,15,17H2,1-6H3. The van der Waals surface area contributed by atoms with Gasteiger partial charge in [0, 0.05) is 28.7 Å². The first-order valence-electron chi connectivity index (χ1n) is 10.1. The predicted octanol–water partition coefficient (Wildman–Crippen LogP) is 7.12. The minimum atomic E-state index is -0.0900. The number of hydrogen-bond acceptors (Lipinski definition) is 2. The average molecular weight is 396 g/mol. The summed E-state index contributed by atoms with van der Waals surface area (Å²) in [5.41, 5.74) is 3.54. The topological polar surface area (TPSA) is 25.2 Å². The number of thioether (sulfide) groups is 1. The van der Waals surface area contributed by atoms with Crippen molar-refractivity contribution in [2.24, 2.45) is 0 Å². The number of rotatable bonds is 5. The summed E-state index contributed by atoms with van der Waals surface area (Å²) >= 11 is 1.76. The summed E-state index contributed by atoms with van der Waals surface area (Å²) in [7, 11) is 0. The summed E-state index contributed by atoms with van der Waals surface area (Å²) in [4.78, 5) is 0.996. The van der Waals surface area contributed by atoms with Gasteiger partial charge in [-0.1, -0.05) is 65.8 Å². The van der Waals surface area contributed by atoms with Crippen molar-refractivity contribution in [3.63, 3.8) is 0 Å². The first-order chi connectivity index (χ1) is 13.1. The Morgan fingerprint density at radius 3 is 2.29 bits per heavy atom. The number of para-hydroxylation sites is 1. The van der Waals surface area contributed by atoms with Gasteiger partial charge in [-0.15, -0.1) is 11.8 Å². The van der Waals surface area contributed by atoms with E-state index < -0.39 is 0 Å². The van der Waals surface area contributed by atoms with Gasteiger partial charge in [0.15, 0.2) is 0 Å². The third kappa shape index (κ3) is 4.41. The number of phenolic OH excluding ortho intramolecular Hbond substituents is 1. The van der Waals surface area contributed by atoms with Crippen molar-refractivity contribution in [2.45, 2.75) is 70.2 Å². The molecule has 3 heteroatoms. The summed E-state index contributed by atoms with van der Waals surface area (Å²) in [6, 6.07) is 15.0. The average Bonchev–Trinajstić information content (AvgIpc) is 3.01. The highest BCUT2D eigenvalue weighted by Gasteiger charge is 2.29. The molecule has 0 aliphatic carbocycles. The van der Waals surface area contributed by atoms with Gasteiger partial charge in [-0.05, 0) is 52.2 Å². The molecule has 0 aliphatic rings. The lowest BCUT2D eigenvalue weighted by atomic mass is 9.75. The lowest BCUT2D eigenvalue weighted by molar-refractivity contribution is 0.424. The molecule has 0 radical (unpaired) electrons. The molecule has 0 saturated heterocycles. The maximum absolute atomic E-state index is 11.1. The second kappa shape index (κ2) is 7.87. The van der Waals surface area contributed by atoms with Crippen LogP contribution in [-0.2, 0) is 17.4 Å². The van der Waals surface area contributed by atoms with Gasteiger partial charge in [0.05, 0.1) is 0 Å². The molecule has 0 bridgehead atoms. The molecule has 0 fully saturated rings. The first kappa shape index (κ1) is 20.9. The number of aryl methyl sites for hydroxylation is 1. The summed E-state index contributed by atoms with van der Waals surface area (Å²) in [6.07, 6.45) is 3.23. The zero-order valence-electron chi connectivity index (χ0n) is 18.0. The smallest absolute Gasteiger partial charge is 0.133 e. The summed E-state index contributed by atoms with van der Waals surface area (Å²) < 4.78 is 2.32. The Morgan fingerprint density at radius 1 is 0.893 bits per heavy atom. The quantitative estimate of drug-likeness (QED) is 0.367. The maximum Gasteiger partial charge on any atom is 0.133 e. The van der Waals surface area contributed by atoms with E-state index in [1.54, 1.807) is 11.8 Å². The highest BCUT2D eigenvalue weighted by atomic mass is 32.2. The SMILES string of the molecule is CC(C)(C)c1ccc(SCCCn2ccc3ccccc32)c(O)c1C(C)(C)C. The number of aromatic nitrogens is 1. The molecule has 0 unspecified atom stereocenters. The third-order valence-electron chi connectivity index (χ3n) is 5.18. The van der Waals surface area contributed by atoms with Gasteiger partial charge in [-0.2, -0.15) is 0 Å². The van der Waals surface area contributed by atoms with Gasteiger partial charge in [0.25, 0.3) is 0 Å². The van der Waals surface area contributed by atoms with Gasteiger partial charge in [0.2, 0.25) is 0 Å². The molecular formula is C25H33NOS. The lowest BCUT2D eigenvalue weighted by Gasteiger charge is -2.31. The monoisotopic (exact) mass is 395 g/mol. The number of aromatic hydroxyl groups is 1. The number of benzene rings is 2. The van der Waals surface area contributed by atoms with Crippen LogP contribution in [0.5, 0.6) is 5.75 Å². The Morgan fingerprint density at radius 2 is 1.61 bits per heavy atom. The molecule has 2 nitrogen and oxygen atoms in total. The van der Waals surface area contributed by atoms with Crippen LogP contribution in [0.15, 0.2) is 53.6 Å². The molecule has 3 aromatic rings. The van der Waals surface area contributed by atoms with Crippen LogP contribution in [0.1, 0.15) is 59.1 Å². The van der Waals surface area contributed by atoms with Crippen molar-refractivity contribution in [1.82, 2.24) is 4.57 Å². The molecule has 0 aliphatic heterocycles. The van der Waals surface area contributed by atoms with Gasteiger partial charge < -0.3 is 9.67 Å². The molecule has 0 atom stereocenters. The molecule has 3 rings (SSSR count). The van der Waals surface area contributed by atoms with E-state index >= 15 is 0 Å². The molecular weight excluding hydrogens is 362 g/mol. The minimum absolute atomic E-state index is 0.0127. The number of phenols is 1. The van der Waals surface area contributed by atoms with Crippen LogP contribution in [-0.4, -0.2) is 15.4 Å². The molecule has 1 heterocycles. The molecule has 28 heavy (non-hydrogen) atoms. The van der Waals surface area contributed by atoms with E-state index in [0.717, 1.165) is 29.2 Å². The summed E-state index contributed by atoms with van der Waals surface area (Å²) in [5.74, 6) is 1.45. The van der Waals surface area contributed by atoms with Gasteiger partial charge >= 0.3 is 0 Å². The second-order valence-corrected chi connectivity index (χ2v) is 10.7. The fraction of sp³-hybridized carbons (Fsp3) is 0.440. The normalized spacial score (nSPS) is 12.6. The van der Waals surface area contributed by atoms with Crippen molar-refractivity contribution in [2.75, 3.05) is 5.75 Å². The molecule has 0 amide bonds. The number of hydrogen-bond donors (Lipinski definition) is 1. The summed E-state index contributed by atoms with van der Waals surface area (Å²) in [6.45, 7) is 14.2. The van der Waals surface area contributed by atoms with Crippen molar-refractivity contribution in [3.05, 3.63) is 59.8 Å². The first-order valence-corrected chi connectivity index (χ1v) is 11.1. The van der Waals surface area contributed by atoms with Crippen LogP contribution >= 0.6 is 11.8 Å². The van der Waals surface area contributed by atoms with Crippen LogP contribution in [0.3, 0.4) is 0 Å². The zero-order chi connectivity index (χ0) is 20.5. The fourth-order valence-corrected chi connectivity index (χ4v) is 4.72. The predicted molar refractivity (Wildman–Crippen MR) is 123 cm³/mol. The van der Waals surface area contributed by atoms with Crippen molar-refractivity contribution < 1.29 is 5.11 Å². The van der Waals surface area contributed by atoms with E-state index in [2.05, 4.69) is 94.8 Å². The van der Waals surface area contributed by atoms with Crippen molar-refractivity contribution in [1.29, 1.82) is 0 Å². The molecule has 0 spiro atoms. The lowest BCUT2D eigenvalue weighted by Crippen LogP contribution is -2.22. The molecule has 1 aromatic heterocycles. The number of fused-ring (bicyclic) bond motifs is 1. The minimum Gasteiger partial charge on any atom is -0.506 e. The highest BCUT2D eigenvalue weighted by molar-refractivity contribution is 7.99. The van der Waals surface area contributed by atoms with E-state index in [9.17, 15) is 5.11 Å². The Labute approximate surface area is 174 Å². The summed E-state index contributed by atoms with van der Waals surface area (Å²) in [5, 5.41) is 12.4. The number of nitrogens with zero attached hydrogens (tertiary/aromatic N) is 1. The van der Waals surface area contributed by atoms with Crippen LogP contribution in [0, 0.1) is 0 Å². The van der Waals surface area contributed by atoms with Crippen LogP contribution < -0.4 is 0 Å². The van der Waals surface area contributed by atoms with E-state index in [1.807, 2.05) is 0 Å². The highest BCUT2D eigenvalue weighted by Crippen LogP contribution is 2.44. The molecule has 1 N–H and O–H groups in total. The van der Waals surface area contributed by atoms with E-state index in [4.69, 9.17) is 0 Å². The van der Waals surface area contributed by atoms with Crippen molar-refractivity contribution in [3.8, 4) is 5.75 Å². The Bertz CT molecular complexity index is 957. The second-order valence-electron chi connectivity index (χ2n) is 9.60. The Kier molecular flexibility index (Phi) is 5.86. The largest absolute Gasteiger partial charge is 0.506 e. The Hall–Kier alpha value is -1.87. The van der Waals surface area contributed by atoms with E-state index in [1.165, 1.54) is 16.5 Å². The van der Waals surface area contributed by atoms with E-state index in [0.29, 0.717) is 5.75 Å². The molecule has 150 valence electrons. The maximum atomic E-state index is 11.1. The van der Waals surface area contributed by atoms with Gasteiger partial charge in [-0.3, -0.25) is 0 Å². The third-order valence-corrected chi connectivity index (χ3v) is 6.31. The molecule has 0 saturated carbocycles. The van der Waals surface area contributed by atoms with Crippen LogP contribution in [0.4, 0.5) is 0 Å². The Balaban J connectivity index is 1.72. The van der Waals surface area contributed by atoms with Crippen molar-refractivity contribution >= 4 is 22.7 Å². The van der Waals surface area contributed by atoms with E-state index in [-0.39, 0.29) is 10.8 Å². The van der Waals surface area contributed by atoms with Crippen LogP contribution in [0.2, 0.25) is 0 Å². The molecule has 2 aromatic carbocycles. The fourth-order valence-electron chi connectivity index (χ4n) is 3.83. The van der Waals surface area contributed by atoms with Gasteiger partial charge in [0.1, 0.15) is 5.75 Å². The zero-order valence-corrected chi connectivity index (χ0v) is 18.9.